The zero-order valence-electron chi connectivity index (χ0n) is 15.0. The zero-order valence-corrected chi connectivity index (χ0v) is 15.8. The monoisotopic (exact) mass is 395 g/mol. The molecular formula is C20H17N3O4S. The van der Waals surface area contributed by atoms with Gasteiger partial charge in [0.15, 0.2) is 11.5 Å². The number of thioether (sulfide) groups is 1. The van der Waals surface area contributed by atoms with Gasteiger partial charge in [-0.2, -0.15) is 0 Å². The van der Waals surface area contributed by atoms with Gasteiger partial charge in [-0.3, -0.25) is 10.1 Å². The zero-order chi connectivity index (χ0) is 19.5. The average molecular weight is 395 g/mol. The molecule has 3 aromatic rings. The first kappa shape index (κ1) is 18.1. The van der Waals surface area contributed by atoms with E-state index in [1.807, 2.05) is 37.3 Å². The fourth-order valence-electron chi connectivity index (χ4n) is 2.83. The van der Waals surface area contributed by atoms with Crippen molar-refractivity contribution in [2.24, 2.45) is 0 Å². The Bertz CT molecular complexity index is 1070. The molecule has 0 fully saturated rings. The van der Waals surface area contributed by atoms with Crippen LogP contribution in [-0.2, 0) is 4.79 Å². The highest BCUT2D eigenvalue weighted by Gasteiger charge is 2.15. The van der Waals surface area contributed by atoms with E-state index in [1.165, 1.54) is 11.8 Å². The summed E-state index contributed by atoms with van der Waals surface area (Å²) >= 11 is 1.28. The van der Waals surface area contributed by atoms with Crippen LogP contribution in [0.4, 0.5) is 10.5 Å². The number of hydrogen-bond acceptors (Lipinski definition) is 6. The van der Waals surface area contributed by atoms with Gasteiger partial charge in [0.2, 0.25) is 12.7 Å². The number of nitrogens with one attached hydrogen (secondary N) is 2. The molecule has 2 N–H and O–H groups in total. The lowest BCUT2D eigenvalue weighted by molar-refractivity contribution is -0.117. The average Bonchev–Trinajstić information content (AvgIpc) is 3.14. The summed E-state index contributed by atoms with van der Waals surface area (Å²) in [6, 6.07) is 14.2. The van der Waals surface area contributed by atoms with Crippen LogP contribution in [0.15, 0.2) is 53.6 Å². The maximum absolute atomic E-state index is 12.1. The van der Waals surface area contributed by atoms with Crippen LogP contribution in [0.1, 0.15) is 5.56 Å². The van der Waals surface area contributed by atoms with Gasteiger partial charge >= 0.3 is 6.03 Å². The van der Waals surface area contributed by atoms with Crippen LogP contribution in [0.2, 0.25) is 0 Å². The van der Waals surface area contributed by atoms with Crippen molar-refractivity contribution in [2.45, 2.75) is 11.9 Å². The van der Waals surface area contributed by atoms with Gasteiger partial charge in [-0.1, -0.05) is 30.0 Å². The third-order valence-corrected chi connectivity index (χ3v) is 5.05. The normalized spacial score (nSPS) is 12.0. The summed E-state index contributed by atoms with van der Waals surface area (Å²) in [6.45, 7) is 2.16. The number of ether oxygens (including phenoxy) is 2. The number of hydrogen-bond donors (Lipinski definition) is 2. The number of carbonyl (C=O) groups is 2. The van der Waals surface area contributed by atoms with Crippen molar-refractivity contribution in [3.63, 3.8) is 0 Å². The highest BCUT2D eigenvalue weighted by Crippen LogP contribution is 2.34. The molecule has 142 valence electrons. The van der Waals surface area contributed by atoms with Crippen LogP contribution in [0.5, 0.6) is 11.5 Å². The van der Waals surface area contributed by atoms with Gasteiger partial charge < -0.3 is 14.8 Å². The SMILES string of the molecule is Cc1cc(SCC(=O)NC(=O)Nc2ccc3c(c2)OCO3)nc2ccccc12. The van der Waals surface area contributed by atoms with E-state index in [-0.39, 0.29) is 12.5 Å². The van der Waals surface area contributed by atoms with E-state index in [0.717, 1.165) is 21.5 Å². The summed E-state index contributed by atoms with van der Waals surface area (Å²) in [4.78, 5) is 28.7. The van der Waals surface area contributed by atoms with Crippen molar-refractivity contribution in [3.8, 4) is 11.5 Å². The van der Waals surface area contributed by atoms with E-state index in [9.17, 15) is 9.59 Å². The number of anilines is 1. The molecule has 0 bridgehead atoms. The Morgan fingerprint density at radius 3 is 2.82 bits per heavy atom. The van der Waals surface area contributed by atoms with Crippen molar-refractivity contribution in [3.05, 3.63) is 54.1 Å². The first-order valence-electron chi connectivity index (χ1n) is 8.58. The van der Waals surface area contributed by atoms with Gasteiger partial charge in [0, 0.05) is 17.1 Å². The number of benzene rings is 2. The number of imide groups is 1. The van der Waals surface area contributed by atoms with Gasteiger partial charge in [0.25, 0.3) is 0 Å². The largest absolute Gasteiger partial charge is 0.454 e. The van der Waals surface area contributed by atoms with E-state index in [1.54, 1.807) is 18.2 Å². The van der Waals surface area contributed by atoms with Crippen molar-refractivity contribution in [1.82, 2.24) is 10.3 Å². The van der Waals surface area contributed by atoms with E-state index >= 15 is 0 Å². The second-order valence-corrected chi connectivity index (χ2v) is 7.15. The predicted molar refractivity (Wildman–Crippen MR) is 107 cm³/mol. The molecule has 0 saturated carbocycles. The molecule has 3 amide bonds. The number of fused-ring (bicyclic) bond motifs is 2. The van der Waals surface area contributed by atoms with Crippen LogP contribution in [0, 0.1) is 6.92 Å². The summed E-state index contributed by atoms with van der Waals surface area (Å²) in [5, 5.41) is 6.73. The molecular weight excluding hydrogens is 378 g/mol. The maximum Gasteiger partial charge on any atom is 0.325 e. The van der Waals surface area contributed by atoms with Gasteiger partial charge in [-0.15, -0.1) is 0 Å². The first-order valence-corrected chi connectivity index (χ1v) is 9.57. The molecule has 2 aromatic carbocycles. The van der Waals surface area contributed by atoms with Crippen molar-refractivity contribution >= 4 is 40.3 Å². The molecule has 0 atom stereocenters. The molecule has 28 heavy (non-hydrogen) atoms. The van der Waals surface area contributed by atoms with Crippen LogP contribution >= 0.6 is 11.8 Å². The van der Waals surface area contributed by atoms with Gasteiger partial charge in [-0.05, 0) is 36.8 Å². The van der Waals surface area contributed by atoms with Gasteiger partial charge in [0.1, 0.15) is 0 Å². The van der Waals surface area contributed by atoms with Crippen molar-refractivity contribution in [2.75, 3.05) is 17.9 Å². The number of amides is 3. The molecule has 7 nitrogen and oxygen atoms in total. The third-order valence-electron chi connectivity index (χ3n) is 4.13. The molecule has 2 heterocycles. The molecule has 1 aliphatic rings. The van der Waals surface area contributed by atoms with Crippen LogP contribution < -0.4 is 20.1 Å². The minimum absolute atomic E-state index is 0.0827. The van der Waals surface area contributed by atoms with E-state index < -0.39 is 11.9 Å². The molecule has 8 heteroatoms. The number of para-hydroxylation sites is 1. The molecule has 4 rings (SSSR count). The van der Waals surface area contributed by atoms with E-state index in [2.05, 4.69) is 15.6 Å². The maximum atomic E-state index is 12.1. The minimum Gasteiger partial charge on any atom is -0.454 e. The quantitative estimate of drug-likeness (QED) is 0.655. The molecule has 1 aliphatic heterocycles. The summed E-state index contributed by atoms with van der Waals surface area (Å²) in [5.41, 5.74) is 2.48. The van der Waals surface area contributed by atoms with E-state index in [0.29, 0.717) is 17.2 Å². The highest BCUT2D eigenvalue weighted by molar-refractivity contribution is 7.99. The van der Waals surface area contributed by atoms with Crippen LogP contribution in [0.25, 0.3) is 10.9 Å². The summed E-state index contributed by atoms with van der Waals surface area (Å²) in [5.74, 6) is 0.851. The second-order valence-electron chi connectivity index (χ2n) is 6.15. The lowest BCUT2D eigenvalue weighted by atomic mass is 10.1. The molecule has 0 aliphatic carbocycles. The molecule has 0 spiro atoms. The van der Waals surface area contributed by atoms with Crippen LogP contribution in [-0.4, -0.2) is 29.5 Å². The second kappa shape index (κ2) is 7.77. The minimum atomic E-state index is -0.605. The standard InChI is InChI=1S/C20H17N3O4S/c1-12-8-19(22-15-5-3-2-4-14(12)15)28-10-18(24)23-20(25)21-13-6-7-16-17(9-13)27-11-26-16/h2-9H,10-11H2,1H3,(H2,21,23,24,25). The number of aromatic nitrogens is 1. The Hall–Kier alpha value is -3.26. The Balaban J connectivity index is 1.32. The van der Waals surface area contributed by atoms with E-state index in [4.69, 9.17) is 9.47 Å². The Morgan fingerprint density at radius 2 is 1.93 bits per heavy atom. The first-order chi connectivity index (χ1) is 13.6. The Kier molecular flexibility index (Phi) is 5.03. The van der Waals surface area contributed by atoms with Crippen molar-refractivity contribution in [1.29, 1.82) is 0 Å². The number of rotatable bonds is 4. The highest BCUT2D eigenvalue weighted by atomic mass is 32.2. The predicted octanol–water partition coefficient (Wildman–Crippen LogP) is 3.71. The number of nitrogens with zero attached hydrogens (tertiary/aromatic N) is 1. The number of urea groups is 1. The number of pyridine rings is 1. The van der Waals surface area contributed by atoms with Gasteiger partial charge in [0.05, 0.1) is 16.3 Å². The topological polar surface area (TPSA) is 89.6 Å². The molecule has 0 saturated heterocycles. The summed E-state index contributed by atoms with van der Waals surface area (Å²) in [6.07, 6.45) is 0. The fourth-order valence-corrected chi connectivity index (χ4v) is 3.61. The van der Waals surface area contributed by atoms with Gasteiger partial charge in [-0.25, -0.2) is 9.78 Å². The molecule has 0 unspecified atom stereocenters. The molecule has 0 radical (unpaired) electrons. The Morgan fingerprint density at radius 1 is 1.11 bits per heavy atom. The lowest BCUT2D eigenvalue weighted by Gasteiger charge is -2.08. The lowest BCUT2D eigenvalue weighted by Crippen LogP contribution is -2.35. The Labute approximate surface area is 165 Å². The smallest absolute Gasteiger partial charge is 0.325 e. The summed E-state index contributed by atoms with van der Waals surface area (Å²) < 4.78 is 10.5. The van der Waals surface area contributed by atoms with Crippen LogP contribution in [0.3, 0.4) is 0 Å². The fraction of sp³-hybridized carbons (Fsp3) is 0.150. The number of carbonyl (C=O) groups excluding carboxylic acids is 2. The van der Waals surface area contributed by atoms with Crippen molar-refractivity contribution < 1.29 is 19.1 Å². The summed E-state index contributed by atoms with van der Waals surface area (Å²) in [7, 11) is 0. The molecule has 1 aromatic heterocycles. The number of aryl methyl sites for hydroxylation is 1. The third kappa shape index (κ3) is 4.01.